The van der Waals surface area contributed by atoms with Crippen LogP contribution in [0.2, 0.25) is 5.02 Å². The highest BCUT2D eigenvalue weighted by molar-refractivity contribution is 6.32. The van der Waals surface area contributed by atoms with Gasteiger partial charge in [-0.15, -0.1) is 0 Å². The van der Waals surface area contributed by atoms with E-state index in [0.29, 0.717) is 11.4 Å². The van der Waals surface area contributed by atoms with Crippen LogP contribution in [0.3, 0.4) is 0 Å². The number of nitrogens with zero attached hydrogens (tertiary/aromatic N) is 4. The lowest BCUT2D eigenvalue weighted by Crippen LogP contribution is -2.20. The summed E-state index contributed by atoms with van der Waals surface area (Å²) < 4.78 is 43.2. The van der Waals surface area contributed by atoms with E-state index >= 15 is 0 Å². The minimum absolute atomic E-state index is 0.0230. The van der Waals surface area contributed by atoms with Crippen molar-refractivity contribution in [1.29, 1.82) is 0 Å². The number of aliphatic imine (C=N–C) groups is 1. The van der Waals surface area contributed by atoms with E-state index in [-0.39, 0.29) is 27.7 Å². The SMILES string of the molecule is C/C(=N/C(=O)c1cnn2c(=O)cc(-c3ccc(Cl)c(OCC(F)(F)F)c3)[nH]c12)N(C)C. The van der Waals surface area contributed by atoms with Gasteiger partial charge < -0.3 is 14.6 Å². The number of halogens is 4. The Morgan fingerprint density at radius 3 is 2.68 bits per heavy atom. The largest absolute Gasteiger partial charge is 0.483 e. The van der Waals surface area contributed by atoms with Crippen LogP contribution in [0, 0.1) is 0 Å². The molecule has 0 bridgehead atoms. The first-order valence-electron chi connectivity index (χ1n) is 8.84. The first-order valence-corrected chi connectivity index (χ1v) is 9.21. The highest BCUT2D eigenvalue weighted by atomic mass is 35.5. The number of fused-ring (bicyclic) bond motifs is 1. The van der Waals surface area contributed by atoms with Crippen LogP contribution >= 0.6 is 11.6 Å². The third kappa shape index (κ3) is 5.05. The van der Waals surface area contributed by atoms with Gasteiger partial charge in [0.05, 0.1) is 16.9 Å². The standard InChI is InChI=1S/C19H17ClF3N5O3/c1-10(27(2)3)25-18(30)12-8-24-28-16(29)7-14(26-17(12)28)11-4-5-13(20)15(6-11)31-9-19(21,22)23/h4-8,26H,9H2,1-3H3/b25-10-. The normalized spacial score (nSPS) is 12.3. The lowest BCUT2D eigenvalue weighted by atomic mass is 10.1. The summed E-state index contributed by atoms with van der Waals surface area (Å²) in [5.74, 6) is -0.362. The fraction of sp³-hybridized carbons (Fsp3) is 0.263. The van der Waals surface area contributed by atoms with Gasteiger partial charge in [-0.05, 0) is 19.1 Å². The summed E-state index contributed by atoms with van der Waals surface area (Å²) in [7, 11) is 3.45. The number of ether oxygens (including phenoxy) is 1. The quantitative estimate of drug-likeness (QED) is 0.481. The third-order valence-corrected chi connectivity index (χ3v) is 4.59. The Morgan fingerprint density at radius 2 is 2.03 bits per heavy atom. The van der Waals surface area contributed by atoms with Gasteiger partial charge in [0.15, 0.2) is 12.3 Å². The van der Waals surface area contributed by atoms with Gasteiger partial charge in [-0.3, -0.25) is 9.59 Å². The second-order valence-electron chi connectivity index (χ2n) is 6.75. The number of H-pyrrole nitrogens is 1. The summed E-state index contributed by atoms with van der Waals surface area (Å²) in [6.07, 6.45) is -3.32. The third-order valence-electron chi connectivity index (χ3n) is 4.27. The first-order chi connectivity index (χ1) is 14.5. The molecule has 0 saturated carbocycles. The van der Waals surface area contributed by atoms with Crippen molar-refractivity contribution >= 4 is 29.0 Å². The first kappa shape index (κ1) is 22.3. The summed E-state index contributed by atoms with van der Waals surface area (Å²) in [6, 6.07) is 5.30. The second kappa shape index (κ2) is 8.42. The zero-order valence-electron chi connectivity index (χ0n) is 16.6. The summed E-state index contributed by atoms with van der Waals surface area (Å²) in [6.45, 7) is 0.129. The molecule has 0 spiro atoms. The molecule has 31 heavy (non-hydrogen) atoms. The lowest BCUT2D eigenvalue weighted by molar-refractivity contribution is -0.153. The monoisotopic (exact) mass is 455 g/mol. The van der Waals surface area contributed by atoms with Crippen LogP contribution < -0.4 is 10.3 Å². The molecule has 1 N–H and O–H groups in total. The summed E-state index contributed by atoms with van der Waals surface area (Å²) in [5.41, 5.74) is 0.157. The van der Waals surface area contributed by atoms with E-state index in [4.69, 9.17) is 16.3 Å². The second-order valence-corrected chi connectivity index (χ2v) is 7.15. The van der Waals surface area contributed by atoms with E-state index in [9.17, 15) is 22.8 Å². The smallest absolute Gasteiger partial charge is 0.422 e. The summed E-state index contributed by atoms with van der Waals surface area (Å²) in [5, 5.41) is 3.89. The highest BCUT2D eigenvalue weighted by Crippen LogP contribution is 2.31. The van der Waals surface area contributed by atoms with Crippen LogP contribution in [0.15, 0.2) is 40.2 Å². The molecule has 0 aliphatic rings. The molecule has 164 valence electrons. The van der Waals surface area contributed by atoms with E-state index in [1.165, 1.54) is 30.5 Å². The molecule has 2 aromatic heterocycles. The Bertz CT molecular complexity index is 1230. The van der Waals surface area contributed by atoms with Crippen LogP contribution in [0.25, 0.3) is 16.9 Å². The molecule has 2 heterocycles. The maximum atomic E-state index is 12.5. The molecule has 1 amide bonds. The van der Waals surface area contributed by atoms with Crippen molar-refractivity contribution in [2.75, 3.05) is 20.7 Å². The van der Waals surface area contributed by atoms with E-state index in [2.05, 4.69) is 15.1 Å². The Balaban J connectivity index is 2.05. The van der Waals surface area contributed by atoms with Gasteiger partial charge in [0.25, 0.3) is 11.5 Å². The highest BCUT2D eigenvalue weighted by Gasteiger charge is 2.29. The number of nitrogens with one attached hydrogen (secondary N) is 1. The van der Waals surface area contributed by atoms with Gasteiger partial charge in [0.2, 0.25) is 0 Å². The Kier molecular flexibility index (Phi) is 6.07. The van der Waals surface area contributed by atoms with Crippen molar-refractivity contribution in [3.63, 3.8) is 0 Å². The number of aromatic nitrogens is 3. The number of amidine groups is 1. The zero-order chi connectivity index (χ0) is 22.9. The molecule has 12 heteroatoms. The van der Waals surface area contributed by atoms with Crippen LogP contribution in [-0.2, 0) is 0 Å². The van der Waals surface area contributed by atoms with Crippen LogP contribution in [0.5, 0.6) is 5.75 Å². The van der Waals surface area contributed by atoms with Crippen molar-refractivity contribution in [2.24, 2.45) is 4.99 Å². The van der Waals surface area contributed by atoms with Crippen molar-refractivity contribution in [2.45, 2.75) is 13.1 Å². The molecule has 8 nitrogen and oxygen atoms in total. The maximum absolute atomic E-state index is 12.5. The average molecular weight is 456 g/mol. The predicted molar refractivity (Wildman–Crippen MR) is 109 cm³/mol. The van der Waals surface area contributed by atoms with Crippen molar-refractivity contribution in [3.05, 3.63) is 51.4 Å². The van der Waals surface area contributed by atoms with Gasteiger partial charge >= 0.3 is 6.18 Å². The fourth-order valence-corrected chi connectivity index (χ4v) is 2.72. The van der Waals surface area contributed by atoms with Crippen LogP contribution in [-0.4, -0.2) is 58.1 Å². The summed E-state index contributed by atoms with van der Waals surface area (Å²) in [4.78, 5) is 33.5. The molecule has 3 rings (SSSR count). The molecular weight excluding hydrogens is 439 g/mol. The van der Waals surface area contributed by atoms with Crippen molar-refractivity contribution in [3.8, 4) is 17.0 Å². The zero-order valence-corrected chi connectivity index (χ0v) is 17.4. The number of aromatic amines is 1. The molecular formula is C19H17ClF3N5O3. The average Bonchev–Trinajstić information content (AvgIpc) is 3.11. The van der Waals surface area contributed by atoms with Crippen LogP contribution in [0.1, 0.15) is 17.3 Å². The Morgan fingerprint density at radius 1 is 1.32 bits per heavy atom. The van der Waals surface area contributed by atoms with E-state index in [1.807, 2.05) is 0 Å². The molecule has 3 aromatic rings. The van der Waals surface area contributed by atoms with Gasteiger partial charge in [-0.25, -0.2) is 0 Å². The fourth-order valence-electron chi connectivity index (χ4n) is 2.54. The topological polar surface area (TPSA) is 92.1 Å². The van der Waals surface area contributed by atoms with Crippen molar-refractivity contribution < 1.29 is 22.7 Å². The maximum Gasteiger partial charge on any atom is 0.422 e. The molecule has 0 radical (unpaired) electrons. The van der Waals surface area contributed by atoms with Crippen LogP contribution in [0.4, 0.5) is 13.2 Å². The number of alkyl halides is 3. The van der Waals surface area contributed by atoms with Gasteiger partial charge in [-0.1, -0.05) is 17.7 Å². The number of hydrogen-bond donors (Lipinski definition) is 1. The molecule has 0 aliphatic carbocycles. The predicted octanol–water partition coefficient (Wildman–Crippen LogP) is 3.40. The molecule has 0 aliphatic heterocycles. The number of benzene rings is 1. The molecule has 0 saturated heterocycles. The Labute approximate surface area is 178 Å². The van der Waals surface area contributed by atoms with Crippen molar-refractivity contribution in [1.82, 2.24) is 19.5 Å². The number of hydrogen-bond acceptors (Lipinski definition) is 4. The van der Waals surface area contributed by atoms with Gasteiger partial charge in [-0.2, -0.15) is 27.8 Å². The van der Waals surface area contributed by atoms with E-state index < -0.39 is 24.2 Å². The summed E-state index contributed by atoms with van der Waals surface area (Å²) >= 11 is 5.92. The van der Waals surface area contributed by atoms with E-state index in [1.54, 1.807) is 25.9 Å². The molecule has 0 atom stereocenters. The molecule has 0 unspecified atom stereocenters. The van der Waals surface area contributed by atoms with Gasteiger partial charge in [0, 0.05) is 25.7 Å². The van der Waals surface area contributed by atoms with E-state index in [0.717, 1.165) is 4.52 Å². The molecule has 0 fully saturated rings. The Hall–Kier alpha value is -3.34. The number of carbonyl (C=O) groups excluding carboxylic acids is 1. The minimum atomic E-state index is -4.54. The number of carbonyl (C=O) groups is 1. The molecule has 1 aromatic carbocycles. The number of amides is 1. The minimum Gasteiger partial charge on any atom is -0.483 e. The van der Waals surface area contributed by atoms with Gasteiger partial charge in [0.1, 0.15) is 17.1 Å². The number of rotatable bonds is 4. The lowest BCUT2D eigenvalue weighted by Gasteiger charge is -2.12.